The third-order valence-corrected chi connectivity index (χ3v) is 5.82. The van der Waals surface area contributed by atoms with E-state index in [1.807, 2.05) is 0 Å². The number of nitrogens with zero attached hydrogens (tertiary/aromatic N) is 1. The van der Waals surface area contributed by atoms with Crippen molar-refractivity contribution in [3.8, 4) is 11.5 Å². The number of piperidine rings is 1. The molecule has 1 saturated heterocycles. The molecular formula is C21H23NO2. The summed E-state index contributed by atoms with van der Waals surface area (Å²) < 4.78 is 11.0. The Morgan fingerprint density at radius 2 is 1.75 bits per heavy atom. The lowest BCUT2D eigenvalue weighted by Gasteiger charge is -2.42. The molecule has 0 N–H and O–H groups in total. The van der Waals surface area contributed by atoms with Crippen molar-refractivity contribution in [3.05, 3.63) is 59.2 Å². The first kappa shape index (κ1) is 14.4. The lowest BCUT2D eigenvalue weighted by molar-refractivity contribution is 0.0937. The van der Waals surface area contributed by atoms with Gasteiger partial charge in [0, 0.05) is 19.1 Å². The van der Waals surface area contributed by atoms with Crippen molar-refractivity contribution in [3.63, 3.8) is 0 Å². The van der Waals surface area contributed by atoms with Crippen LogP contribution >= 0.6 is 0 Å². The summed E-state index contributed by atoms with van der Waals surface area (Å²) in [6, 6.07) is 16.1. The van der Waals surface area contributed by atoms with E-state index in [1.54, 1.807) is 11.1 Å². The van der Waals surface area contributed by atoms with Crippen molar-refractivity contribution < 1.29 is 9.47 Å². The molecule has 24 heavy (non-hydrogen) atoms. The predicted molar refractivity (Wildman–Crippen MR) is 93.3 cm³/mol. The molecule has 3 heterocycles. The fourth-order valence-corrected chi connectivity index (χ4v) is 4.57. The summed E-state index contributed by atoms with van der Waals surface area (Å²) >= 11 is 0. The molecule has 3 aliphatic heterocycles. The van der Waals surface area contributed by atoms with Crippen LogP contribution in [-0.2, 0) is 19.4 Å². The molecule has 2 aromatic carbocycles. The van der Waals surface area contributed by atoms with Gasteiger partial charge in [-0.2, -0.15) is 0 Å². The van der Waals surface area contributed by atoms with Gasteiger partial charge >= 0.3 is 0 Å². The molecule has 0 amide bonds. The standard InChI is InChI=1S/C21H23NO2/c1-2-4-18-11-19-7-5-15(9-17(18)3-1)12-22(19)13-16-6-8-20-21(10-16)24-14-23-20/h1-4,6,8,10,15,19H,5,7,9,11-14H2/t15-,19+/m1/s1. The first-order valence-corrected chi connectivity index (χ1v) is 9.04. The van der Waals surface area contributed by atoms with Gasteiger partial charge in [0.15, 0.2) is 11.5 Å². The lowest BCUT2D eigenvalue weighted by atomic mass is 9.80. The number of benzene rings is 2. The Bertz CT molecular complexity index is 757. The average molecular weight is 321 g/mol. The summed E-state index contributed by atoms with van der Waals surface area (Å²) in [4.78, 5) is 2.70. The highest BCUT2D eigenvalue weighted by molar-refractivity contribution is 5.44. The van der Waals surface area contributed by atoms with E-state index in [0.29, 0.717) is 12.8 Å². The van der Waals surface area contributed by atoms with Gasteiger partial charge < -0.3 is 9.47 Å². The van der Waals surface area contributed by atoms with Crippen molar-refractivity contribution in [2.75, 3.05) is 13.3 Å². The molecule has 0 unspecified atom stereocenters. The number of fused-ring (bicyclic) bond motifs is 3. The maximum Gasteiger partial charge on any atom is 0.231 e. The number of hydrogen-bond acceptors (Lipinski definition) is 3. The van der Waals surface area contributed by atoms with Gasteiger partial charge in [0.1, 0.15) is 0 Å². The van der Waals surface area contributed by atoms with E-state index in [2.05, 4.69) is 47.4 Å². The quantitative estimate of drug-likeness (QED) is 0.840. The van der Waals surface area contributed by atoms with Crippen LogP contribution in [0.2, 0.25) is 0 Å². The second kappa shape index (κ2) is 5.82. The number of rotatable bonds is 2. The molecule has 0 saturated carbocycles. The van der Waals surface area contributed by atoms with Crippen LogP contribution < -0.4 is 9.47 Å². The minimum atomic E-state index is 0.351. The smallest absolute Gasteiger partial charge is 0.231 e. The van der Waals surface area contributed by atoms with Gasteiger partial charge in [0.2, 0.25) is 6.79 Å². The first-order chi connectivity index (χ1) is 11.8. The topological polar surface area (TPSA) is 21.7 Å². The van der Waals surface area contributed by atoms with E-state index in [0.717, 1.165) is 24.0 Å². The second-order valence-corrected chi connectivity index (χ2v) is 7.39. The summed E-state index contributed by atoms with van der Waals surface area (Å²) in [7, 11) is 0. The number of hydrogen-bond donors (Lipinski definition) is 0. The molecule has 4 aliphatic rings. The minimum Gasteiger partial charge on any atom is -0.454 e. The Labute approximate surface area is 143 Å². The molecule has 1 fully saturated rings. The zero-order valence-electron chi connectivity index (χ0n) is 13.9. The summed E-state index contributed by atoms with van der Waals surface area (Å²) in [5.74, 6) is 2.56. The van der Waals surface area contributed by atoms with Crippen LogP contribution in [0.1, 0.15) is 29.5 Å². The van der Waals surface area contributed by atoms with E-state index < -0.39 is 0 Å². The predicted octanol–water partition coefficient (Wildman–Crippen LogP) is 3.79. The van der Waals surface area contributed by atoms with Crippen molar-refractivity contribution in [2.24, 2.45) is 5.92 Å². The van der Waals surface area contributed by atoms with Gasteiger partial charge in [0.05, 0.1) is 0 Å². The zero-order valence-corrected chi connectivity index (χ0v) is 13.9. The second-order valence-electron chi connectivity index (χ2n) is 7.39. The van der Waals surface area contributed by atoms with E-state index in [9.17, 15) is 0 Å². The van der Waals surface area contributed by atoms with Gasteiger partial charge in [-0.15, -0.1) is 0 Å². The molecule has 1 aliphatic carbocycles. The monoisotopic (exact) mass is 321 g/mol. The maximum absolute atomic E-state index is 5.54. The van der Waals surface area contributed by atoms with Gasteiger partial charge in [-0.05, 0) is 60.4 Å². The first-order valence-electron chi connectivity index (χ1n) is 9.04. The summed E-state index contributed by atoms with van der Waals surface area (Å²) in [6.07, 6.45) is 5.12. The van der Waals surface area contributed by atoms with Gasteiger partial charge in [-0.3, -0.25) is 4.90 Å². The molecule has 6 rings (SSSR count). The lowest BCUT2D eigenvalue weighted by Crippen LogP contribution is -2.46. The summed E-state index contributed by atoms with van der Waals surface area (Å²) in [5, 5.41) is 0. The SMILES string of the molecule is c1ccc2c(c1)C[C@H]1CC[C@@H](C2)N(Cc2ccc3c(c2)OCO3)C1. The van der Waals surface area contributed by atoms with E-state index in [-0.39, 0.29) is 0 Å². The molecular weight excluding hydrogens is 298 g/mol. The highest BCUT2D eigenvalue weighted by Gasteiger charge is 2.31. The van der Waals surface area contributed by atoms with E-state index in [4.69, 9.17) is 9.47 Å². The fraction of sp³-hybridized carbons (Fsp3) is 0.429. The highest BCUT2D eigenvalue weighted by Crippen LogP contribution is 2.35. The Kier molecular flexibility index (Phi) is 3.48. The van der Waals surface area contributed by atoms with Gasteiger partial charge in [-0.25, -0.2) is 0 Å². The van der Waals surface area contributed by atoms with Crippen molar-refractivity contribution in [2.45, 2.75) is 38.3 Å². The average Bonchev–Trinajstić information content (AvgIpc) is 3.03. The van der Waals surface area contributed by atoms with Crippen LogP contribution in [0.15, 0.2) is 42.5 Å². The Morgan fingerprint density at radius 3 is 2.67 bits per heavy atom. The molecule has 3 nitrogen and oxygen atoms in total. The van der Waals surface area contributed by atoms with Crippen LogP contribution in [0.4, 0.5) is 0 Å². The Morgan fingerprint density at radius 1 is 0.917 bits per heavy atom. The molecule has 2 bridgehead atoms. The third-order valence-electron chi connectivity index (χ3n) is 5.82. The van der Waals surface area contributed by atoms with Crippen LogP contribution in [0.25, 0.3) is 0 Å². The molecule has 2 aromatic rings. The largest absolute Gasteiger partial charge is 0.454 e. The minimum absolute atomic E-state index is 0.351. The van der Waals surface area contributed by atoms with Crippen LogP contribution in [0.3, 0.4) is 0 Å². The zero-order chi connectivity index (χ0) is 15.9. The van der Waals surface area contributed by atoms with Crippen LogP contribution in [0.5, 0.6) is 11.5 Å². The Balaban J connectivity index is 1.39. The van der Waals surface area contributed by atoms with Crippen molar-refractivity contribution in [1.82, 2.24) is 4.90 Å². The van der Waals surface area contributed by atoms with Crippen molar-refractivity contribution in [1.29, 1.82) is 0 Å². The molecule has 2 atom stereocenters. The fourth-order valence-electron chi connectivity index (χ4n) is 4.57. The molecule has 124 valence electrons. The molecule has 0 aromatic heterocycles. The van der Waals surface area contributed by atoms with Crippen LogP contribution in [0, 0.1) is 5.92 Å². The van der Waals surface area contributed by atoms with E-state index >= 15 is 0 Å². The molecule has 3 heteroatoms. The maximum atomic E-state index is 5.54. The van der Waals surface area contributed by atoms with Gasteiger partial charge in [0.25, 0.3) is 0 Å². The Hall–Kier alpha value is -2.00. The molecule has 0 radical (unpaired) electrons. The van der Waals surface area contributed by atoms with Gasteiger partial charge in [-0.1, -0.05) is 30.3 Å². The van der Waals surface area contributed by atoms with E-state index in [1.165, 1.54) is 37.8 Å². The number of ether oxygens (including phenoxy) is 2. The summed E-state index contributed by atoms with van der Waals surface area (Å²) in [5.41, 5.74) is 4.47. The highest BCUT2D eigenvalue weighted by atomic mass is 16.7. The molecule has 0 spiro atoms. The normalized spacial score (nSPS) is 25.2. The summed E-state index contributed by atoms with van der Waals surface area (Å²) in [6.45, 7) is 2.58. The van der Waals surface area contributed by atoms with Crippen LogP contribution in [-0.4, -0.2) is 24.3 Å². The third kappa shape index (κ3) is 2.57. The van der Waals surface area contributed by atoms with Crippen molar-refractivity contribution >= 4 is 0 Å².